The Balaban J connectivity index is 1.58. The molecule has 6 heteroatoms. The Morgan fingerprint density at radius 2 is 2.09 bits per heavy atom. The maximum Gasteiger partial charge on any atom is 0.190 e. The van der Waals surface area contributed by atoms with Crippen molar-refractivity contribution in [1.29, 1.82) is 0 Å². The molecule has 0 saturated carbocycles. The number of hydrogen-bond donors (Lipinski definition) is 2. The van der Waals surface area contributed by atoms with Crippen molar-refractivity contribution in [2.24, 2.45) is 10.9 Å². The molecule has 2 rings (SSSR count). The van der Waals surface area contributed by atoms with E-state index in [1.54, 1.807) is 11.3 Å². The Kier molecular flexibility index (Phi) is 7.82. The van der Waals surface area contributed by atoms with Crippen LogP contribution in [0.4, 0.5) is 0 Å². The number of aromatic nitrogens is 1. The first kappa shape index (κ1) is 18.2. The SMILES string of the molecule is CCN1CCC(CCNC(=NC)NCCc2csc(C)n2)CC1. The second-order valence-corrected chi connectivity index (χ2v) is 7.26. The van der Waals surface area contributed by atoms with Gasteiger partial charge in [0.1, 0.15) is 0 Å². The van der Waals surface area contributed by atoms with E-state index >= 15 is 0 Å². The molecular formula is C17H31N5S. The first-order valence-electron chi connectivity index (χ1n) is 8.79. The van der Waals surface area contributed by atoms with E-state index in [2.05, 4.69) is 37.8 Å². The van der Waals surface area contributed by atoms with E-state index in [4.69, 9.17) is 0 Å². The summed E-state index contributed by atoms with van der Waals surface area (Å²) < 4.78 is 0. The molecule has 0 bridgehead atoms. The molecule has 23 heavy (non-hydrogen) atoms. The van der Waals surface area contributed by atoms with Gasteiger partial charge >= 0.3 is 0 Å². The number of nitrogens with zero attached hydrogens (tertiary/aromatic N) is 3. The molecule has 0 amide bonds. The van der Waals surface area contributed by atoms with E-state index < -0.39 is 0 Å². The van der Waals surface area contributed by atoms with Crippen LogP contribution in [0.3, 0.4) is 0 Å². The van der Waals surface area contributed by atoms with Gasteiger partial charge in [-0.05, 0) is 51.7 Å². The van der Waals surface area contributed by atoms with Crippen LogP contribution in [0.5, 0.6) is 0 Å². The average Bonchev–Trinajstić information content (AvgIpc) is 2.99. The number of hydrogen-bond acceptors (Lipinski definition) is 4. The average molecular weight is 338 g/mol. The van der Waals surface area contributed by atoms with E-state index in [1.807, 2.05) is 14.0 Å². The van der Waals surface area contributed by atoms with Gasteiger partial charge in [-0.1, -0.05) is 6.92 Å². The molecular weight excluding hydrogens is 306 g/mol. The third-order valence-electron chi connectivity index (χ3n) is 4.56. The Labute approximate surface area is 144 Å². The van der Waals surface area contributed by atoms with Crippen LogP contribution >= 0.6 is 11.3 Å². The summed E-state index contributed by atoms with van der Waals surface area (Å²) in [4.78, 5) is 11.3. The maximum absolute atomic E-state index is 4.48. The van der Waals surface area contributed by atoms with E-state index in [9.17, 15) is 0 Å². The summed E-state index contributed by atoms with van der Waals surface area (Å²) in [6.45, 7) is 9.91. The van der Waals surface area contributed by atoms with Crippen molar-refractivity contribution in [2.75, 3.05) is 39.8 Å². The first-order chi connectivity index (χ1) is 11.2. The van der Waals surface area contributed by atoms with Gasteiger partial charge in [-0.3, -0.25) is 4.99 Å². The molecule has 2 N–H and O–H groups in total. The molecule has 1 fully saturated rings. The Hall–Kier alpha value is -1.14. The van der Waals surface area contributed by atoms with Crippen LogP contribution in [0, 0.1) is 12.8 Å². The molecule has 5 nitrogen and oxygen atoms in total. The van der Waals surface area contributed by atoms with Gasteiger partial charge in [0.25, 0.3) is 0 Å². The van der Waals surface area contributed by atoms with Gasteiger partial charge in [0.05, 0.1) is 10.7 Å². The monoisotopic (exact) mass is 337 g/mol. The highest BCUT2D eigenvalue weighted by atomic mass is 32.1. The fourth-order valence-corrected chi connectivity index (χ4v) is 3.69. The normalized spacial score (nSPS) is 17.4. The number of piperidine rings is 1. The van der Waals surface area contributed by atoms with Crippen molar-refractivity contribution in [1.82, 2.24) is 20.5 Å². The van der Waals surface area contributed by atoms with Crippen LogP contribution in [0.15, 0.2) is 10.4 Å². The lowest BCUT2D eigenvalue weighted by Crippen LogP contribution is -2.40. The largest absolute Gasteiger partial charge is 0.356 e. The Morgan fingerprint density at radius 1 is 1.35 bits per heavy atom. The Bertz CT molecular complexity index is 477. The van der Waals surface area contributed by atoms with Crippen LogP contribution in [-0.2, 0) is 6.42 Å². The number of likely N-dealkylation sites (tertiary alicyclic amines) is 1. The molecule has 1 aromatic rings. The summed E-state index contributed by atoms with van der Waals surface area (Å²) in [5, 5.41) is 10.1. The predicted octanol–water partition coefficient (Wildman–Crippen LogP) is 2.28. The molecule has 1 aromatic heterocycles. The smallest absolute Gasteiger partial charge is 0.190 e. The minimum Gasteiger partial charge on any atom is -0.356 e. The van der Waals surface area contributed by atoms with E-state index in [0.29, 0.717) is 0 Å². The molecule has 0 aliphatic carbocycles. The lowest BCUT2D eigenvalue weighted by Gasteiger charge is -2.31. The van der Waals surface area contributed by atoms with Crippen LogP contribution < -0.4 is 10.6 Å². The molecule has 0 unspecified atom stereocenters. The zero-order chi connectivity index (χ0) is 16.5. The number of thiazole rings is 1. The van der Waals surface area contributed by atoms with Crippen LogP contribution in [0.1, 0.15) is 36.9 Å². The lowest BCUT2D eigenvalue weighted by atomic mass is 9.93. The van der Waals surface area contributed by atoms with Crippen LogP contribution in [0.25, 0.3) is 0 Å². The van der Waals surface area contributed by atoms with Gasteiger partial charge < -0.3 is 15.5 Å². The fraction of sp³-hybridized carbons (Fsp3) is 0.765. The second kappa shape index (κ2) is 9.88. The fourth-order valence-electron chi connectivity index (χ4n) is 3.04. The van der Waals surface area contributed by atoms with Gasteiger partial charge in [0.15, 0.2) is 5.96 Å². The summed E-state index contributed by atoms with van der Waals surface area (Å²) in [5.74, 6) is 1.77. The highest BCUT2D eigenvalue weighted by molar-refractivity contribution is 7.09. The molecule has 2 heterocycles. The van der Waals surface area contributed by atoms with Gasteiger partial charge in [-0.15, -0.1) is 11.3 Å². The summed E-state index contributed by atoms with van der Waals surface area (Å²) in [7, 11) is 1.84. The minimum atomic E-state index is 0.862. The molecule has 1 aliphatic heterocycles. The zero-order valence-electron chi connectivity index (χ0n) is 14.8. The number of guanidine groups is 1. The van der Waals surface area contributed by atoms with Crippen molar-refractivity contribution < 1.29 is 0 Å². The molecule has 0 atom stereocenters. The molecule has 130 valence electrons. The summed E-state index contributed by atoms with van der Waals surface area (Å²) in [6, 6.07) is 0. The van der Waals surface area contributed by atoms with Crippen molar-refractivity contribution in [3.8, 4) is 0 Å². The molecule has 0 spiro atoms. The lowest BCUT2D eigenvalue weighted by molar-refractivity contribution is 0.187. The third kappa shape index (κ3) is 6.47. The van der Waals surface area contributed by atoms with Crippen LogP contribution in [-0.4, -0.2) is 55.6 Å². The number of aliphatic imine (C=N–C) groups is 1. The summed E-state index contributed by atoms with van der Waals surface area (Å²) in [5.41, 5.74) is 1.16. The van der Waals surface area contributed by atoms with Crippen molar-refractivity contribution in [2.45, 2.75) is 39.5 Å². The second-order valence-electron chi connectivity index (χ2n) is 6.20. The quantitative estimate of drug-likeness (QED) is 0.592. The topological polar surface area (TPSA) is 52.5 Å². The number of rotatable bonds is 7. The molecule has 0 radical (unpaired) electrons. The van der Waals surface area contributed by atoms with Gasteiger partial charge in [-0.25, -0.2) is 4.98 Å². The summed E-state index contributed by atoms with van der Waals surface area (Å²) in [6.07, 6.45) is 4.86. The van der Waals surface area contributed by atoms with Gasteiger partial charge in [0, 0.05) is 31.9 Å². The van der Waals surface area contributed by atoms with Crippen LogP contribution in [0.2, 0.25) is 0 Å². The highest BCUT2D eigenvalue weighted by Crippen LogP contribution is 2.19. The number of aryl methyl sites for hydroxylation is 1. The maximum atomic E-state index is 4.48. The van der Waals surface area contributed by atoms with E-state index in [1.165, 1.54) is 38.9 Å². The predicted molar refractivity (Wildman–Crippen MR) is 99.4 cm³/mol. The number of nitrogens with one attached hydrogen (secondary N) is 2. The van der Waals surface area contributed by atoms with Gasteiger partial charge in [0.2, 0.25) is 0 Å². The zero-order valence-corrected chi connectivity index (χ0v) is 15.6. The molecule has 0 aromatic carbocycles. The molecule has 1 aliphatic rings. The van der Waals surface area contributed by atoms with E-state index in [0.717, 1.165) is 42.1 Å². The Morgan fingerprint density at radius 3 is 2.70 bits per heavy atom. The van der Waals surface area contributed by atoms with Crippen molar-refractivity contribution >= 4 is 17.3 Å². The molecule has 1 saturated heterocycles. The van der Waals surface area contributed by atoms with E-state index in [-0.39, 0.29) is 0 Å². The highest BCUT2D eigenvalue weighted by Gasteiger charge is 2.17. The summed E-state index contributed by atoms with van der Waals surface area (Å²) >= 11 is 1.71. The first-order valence-corrected chi connectivity index (χ1v) is 9.67. The minimum absolute atomic E-state index is 0.862. The van der Waals surface area contributed by atoms with Crippen molar-refractivity contribution in [3.63, 3.8) is 0 Å². The standard InChI is InChI=1S/C17H31N5S/c1-4-22-11-7-15(8-12-22)5-9-19-17(18-3)20-10-6-16-13-23-14(2)21-16/h13,15H,4-12H2,1-3H3,(H2,18,19,20). The van der Waals surface area contributed by atoms with Crippen molar-refractivity contribution in [3.05, 3.63) is 16.1 Å². The van der Waals surface area contributed by atoms with Gasteiger partial charge in [-0.2, -0.15) is 0 Å². The third-order valence-corrected chi connectivity index (χ3v) is 5.39.